The Kier molecular flexibility index (Phi) is 5.35. The van der Waals surface area contributed by atoms with Crippen molar-refractivity contribution < 1.29 is 4.79 Å². The zero-order valence-electron chi connectivity index (χ0n) is 11.0. The van der Waals surface area contributed by atoms with Gasteiger partial charge in [-0.15, -0.1) is 11.3 Å². The molecule has 0 spiro atoms. The van der Waals surface area contributed by atoms with Crippen LogP contribution in [0, 0.1) is 11.8 Å². The highest BCUT2D eigenvalue weighted by atomic mass is 32.1. The van der Waals surface area contributed by atoms with Crippen molar-refractivity contribution in [2.24, 2.45) is 5.73 Å². The van der Waals surface area contributed by atoms with E-state index in [0.717, 1.165) is 10.4 Å². The molecule has 0 radical (unpaired) electrons. The lowest BCUT2D eigenvalue weighted by Crippen LogP contribution is -2.23. The third-order valence-electron chi connectivity index (χ3n) is 2.67. The topological polar surface area (TPSA) is 72.9 Å². The number of aromatic nitrogens is 2. The van der Waals surface area contributed by atoms with E-state index >= 15 is 0 Å². The van der Waals surface area contributed by atoms with Crippen LogP contribution in [-0.4, -0.2) is 22.0 Å². The number of carbonyl (C=O) groups excluding carboxylic acids is 1. The van der Waals surface area contributed by atoms with Crippen molar-refractivity contribution in [3.8, 4) is 11.8 Å². The smallest absolute Gasteiger partial charge is 0.222 e. The second kappa shape index (κ2) is 7.48. The van der Waals surface area contributed by atoms with E-state index in [1.54, 1.807) is 23.9 Å². The Labute approximate surface area is 121 Å². The largest absolute Gasteiger partial charge is 0.351 e. The van der Waals surface area contributed by atoms with Gasteiger partial charge < -0.3 is 15.6 Å². The number of amides is 1. The maximum atomic E-state index is 11.8. The Morgan fingerprint density at radius 1 is 1.55 bits per heavy atom. The van der Waals surface area contributed by atoms with E-state index in [9.17, 15) is 4.79 Å². The molecule has 2 rings (SSSR count). The normalized spacial score (nSPS) is 9.85. The Bertz CT molecular complexity index is 607. The van der Waals surface area contributed by atoms with Gasteiger partial charge in [0.25, 0.3) is 0 Å². The maximum Gasteiger partial charge on any atom is 0.222 e. The van der Waals surface area contributed by atoms with Crippen molar-refractivity contribution in [1.29, 1.82) is 0 Å². The Balaban J connectivity index is 1.80. The number of carbonyl (C=O) groups is 1. The van der Waals surface area contributed by atoms with Gasteiger partial charge in [-0.2, -0.15) is 0 Å². The number of thiophene rings is 1. The van der Waals surface area contributed by atoms with Crippen LogP contribution in [0.2, 0.25) is 0 Å². The zero-order chi connectivity index (χ0) is 14.2. The molecule has 0 atom stereocenters. The third-order valence-corrected chi connectivity index (χ3v) is 3.59. The summed E-state index contributed by atoms with van der Waals surface area (Å²) in [5.41, 5.74) is 6.30. The van der Waals surface area contributed by atoms with Crippen LogP contribution in [-0.2, 0) is 17.9 Å². The molecule has 6 heteroatoms. The highest BCUT2D eigenvalue weighted by Crippen LogP contribution is 2.15. The minimum absolute atomic E-state index is 0.0184. The predicted octanol–water partition coefficient (Wildman–Crippen LogP) is 0.961. The lowest BCUT2D eigenvalue weighted by atomic mass is 10.2. The number of hydrogen-bond donors (Lipinski definition) is 2. The maximum absolute atomic E-state index is 11.8. The van der Waals surface area contributed by atoms with Gasteiger partial charge in [0, 0.05) is 35.8 Å². The summed E-state index contributed by atoms with van der Waals surface area (Å²) in [6, 6.07) is 1.94. The third kappa shape index (κ3) is 4.23. The van der Waals surface area contributed by atoms with Crippen LogP contribution in [0.15, 0.2) is 30.2 Å². The number of nitrogens with one attached hydrogen (secondary N) is 1. The molecule has 0 saturated carbocycles. The quantitative estimate of drug-likeness (QED) is 0.805. The van der Waals surface area contributed by atoms with Gasteiger partial charge in [0.15, 0.2) is 0 Å². The lowest BCUT2D eigenvalue weighted by molar-refractivity contribution is -0.121. The van der Waals surface area contributed by atoms with Gasteiger partial charge in [0.1, 0.15) is 0 Å². The molecule has 0 aliphatic carbocycles. The van der Waals surface area contributed by atoms with Crippen LogP contribution in [0.4, 0.5) is 0 Å². The summed E-state index contributed by atoms with van der Waals surface area (Å²) in [7, 11) is 0. The molecule has 5 nitrogen and oxygen atoms in total. The fourth-order valence-corrected chi connectivity index (χ4v) is 2.42. The van der Waals surface area contributed by atoms with E-state index in [2.05, 4.69) is 22.1 Å². The van der Waals surface area contributed by atoms with Gasteiger partial charge in [0.05, 0.1) is 19.4 Å². The van der Waals surface area contributed by atoms with Crippen molar-refractivity contribution >= 4 is 17.2 Å². The Morgan fingerprint density at radius 2 is 2.45 bits per heavy atom. The second-order valence-electron chi connectivity index (χ2n) is 4.09. The monoisotopic (exact) mass is 288 g/mol. The van der Waals surface area contributed by atoms with Crippen molar-refractivity contribution in [1.82, 2.24) is 14.9 Å². The fourth-order valence-electron chi connectivity index (χ4n) is 1.65. The minimum atomic E-state index is 0.0184. The molecule has 0 bridgehead atoms. The summed E-state index contributed by atoms with van der Waals surface area (Å²) in [5, 5.41) is 4.87. The molecule has 2 heterocycles. The molecule has 0 saturated heterocycles. The number of aryl methyl sites for hydroxylation is 1. The van der Waals surface area contributed by atoms with E-state index in [1.165, 1.54) is 0 Å². The molecule has 0 aromatic carbocycles. The number of hydrogen-bond acceptors (Lipinski definition) is 4. The van der Waals surface area contributed by atoms with Crippen molar-refractivity contribution in [3.63, 3.8) is 0 Å². The van der Waals surface area contributed by atoms with E-state index in [0.29, 0.717) is 26.1 Å². The average Bonchev–Trinajstić information content (AvgIpc) is 3.11. The molecule has 0 unspecified atom stereocenters. The number of nitrogens with zero attached hydrogens (tertiary/aromatic N) is 2. The number of rotatable bonds is 5. The SMILES string of the molecule is NCC#Cc1ccsc1CNC(=O)CCn1ccnc1. The van der Waals surface area contributed by atoms with Gasteiger partial charge in [-0.25, -0.2) is 4.98 Å². The van der Waals surface area contributed by atoms with E-state index in [-0.39, 0.29) is 5.91 Å². The van der Waals surface area contributed by atoms with E-state index in [4.69, 9.17) is 5.73 Å². The molecule has 2 aromatic rings. The van der Waals surface area contributed by atoms with Crippen molar-refractivity contribution in [2.45, 2.75) is 19.5 Å². The average molecular weight is 288 g/mol. The summed E-state index contributed by atoms with van der Waals surface area (Å²) >= 11 is 1.58. The first-order valence-corrected chi connectivity index (χ1v) is 7.15. The van der Waals surface area contributed by atoms with Crippen molar-refractivity contribution in [3.05, 3.63) is 40.6 Å². The summed E-state index contributed by atoms with van der Waals surface area (Å²) < 4.78 is 1.88. The number of nitrogens with two attached hydrogens (primary N) is 1. The van der Waals surface area contributed by atoms with Gasteiger partial charge in [-0.3, -0.25) is 4.79 Å². The summed E-state index contributed by atoms with van der Waals surface area (Å²) in [6.07, 6.45) is 5.68. The van der Waals surface area contributed by atoms with Gasteiger partial charge in [-0.1, -0.05) is 11.8 Å². The molecule has 104 valence electrons. The second-order valence-corrected chi connectivity index (χ2v) is 5.09. The van der Waals surface area contributed by atoms with Crippen molar-refractivity contribution in [2.75, 3.05) is 6.54 Å². The molecular weight excluding hydrogens is 272 g/mol. The molecule has 0 aliphatic heterocycles. The standard InChI is InChI=1S/C14H16N4OS/c15-5-1-2-12-4-9-20-13(12)10-17-14(19)3-7-18-8-6-16-11-18/h4,6,8-9,11H,3,5,7,10,15H2,(H,17,19). The van der Waals surface area contributed by atoms with Gasteiger partial charge in [0.2, 0.25) is 5.91 Å². The molecule has 1 amide bonds. The Morgan fingerprint density at radius 3 is 3.20 bits per heavy atom. The van der Waals surface area contributed by atoms with Crippen LogP contribution in [0.5, 0.6) is 0 Å². The van der Waals surface area contributed by atoms with Crippen LogP contribution < -0.4 is 11.1 Å². The van der Waals surface area contributed by atoms with E-state index < -0.39 is 0 Å². The highest BCUT2D eigenvalue weighted by molar-refractivity contribution is 7.10. The molecule has 0 aliphatic rings. The van der Waals surface area contributed by atoms with Crippen LogP contribution in [0.3, 0.4) is 0 Å². The van der Waals surface area contributed by atoms with E-state index in [1.807, 2.05) is 22.2 Å². The fraction of sp³-hybridized carbons (Fsp3) is 0.286. The summed E-state index contributed by atoms with van der Waals surface area (Å²) in [6.45, 7) is 1.48. The lowest BCUT2D eigenvalue weighted by Gasteiger charge is -2.05. The molecule has 3 N–H and O–H groups in total. The van der Waals surface area contributed by atoms with Crippen LogP contribution in [0.25, 0.3) is 0 Å². The first kappa shape index (κ1) is 14.3. The zero-order valence-corrected chi connectivity index (χ0v) is 11.8. The van der Waals surface area contributed by atoms with Gasteiger partial charge >= 0.3 is 0 Å². The molecular formula is C14H16N4OS. The minimum Gasteiger partial charge on any atom is -0.351 e. The predicted molar refractivity (Wildman–Crippen MR) is 78.9 cm³/mol. The van der Waals surface area contributed by atoms with Crippen LogP contribution >= 0.6 is 11.3 Å². The number of imidazole rings is 1. The first-order chi connectivity index (χ1) is 9.79. The molecule has 2 aromatic heterocycles. The highest BCUT2D eigenvalue weighted by Gasteiger charge is 2.05. The van der Waals surface area contributed by atoms with Crippen LogP contribution in [0.1, 0.15) is 16.9 Å². The molecule has 0 fully saturated rings. The Hall–Kier alpha value is -2.10. The summed E-state index contributed by atoms with van der Waals surface area (Å²) in [5.74, 6) is 5.84. The molecule has 20 heavy (non-hydrogen) atoms. The summed E-state index contributed by atoms with van der Waals surface area (Å²) in [4.78, 5) is 16.8. The first-order valence-electron chi connectivity index (χ1n) is 6.27. The van der Waals surface area contributed by atoms with Gasteiger partial charge in [-0.05, 0) is 11.4 Å².